The van der Waals surface area contributed by atoms with E-state index < -0.39 is 5.92 Å². The number of benzene rings is 3. The molecule has 0 aliphatic carbocycles. The Balaban J connectivity index is 1.92. The van der Waals surface area contributed by atoms with Crippen LogP contribution >= 0.6 is 11.6 Å². The summed E-state index contributed by atoms with van der Waals surface area (Å²) in [7, 11) is 0. The molecule has 3 aromatic carbocycles. The maximum Gasteiger partial charge on any atom is 0.263 e. The third-order valence-corrected chi connectivity index (χ3v) is 5.71. The number of aromatic nitrogens is 1. The molecule has 0 amide bonds. The monoisotopic (exact) mass is 425 g/mol. The van der Waals surface area contributed by atoms with Gasteiger partial charge in [0.15, 0.2) is 0 Å². The summed E-state index contributed by atoms with van der Waals surface area (Å²) in [6.45, 7) is 0. The summed E-state index contributed by atoms with van der Waals surface area (Å²) in [5, 5.41) is 11.2. The molecule has 1 atom stereocenters. The Hall–Kier alpha value is -4.01. The Morgan fingerprint density at radius 1 is 0.968 bits per heavy atom. The van der Waals surface area contributed by atoms with Crippen molar-refractivity contribution >= 4 is 22.5 Å². The lowest BCUT2D eigenvalue weighted by Crippen LogP contribution is -2.31. The number of hydrogen-bond acceptors (Lipinski definition) is 4. The summed E-state index contributed by atoms with van der Waals surface area (Å²) in [5.41, 5.74) is 8.61. The minimum absolute atomic E-state index is 0.00281. The molecule has 2 N–H and O–H groups in total. The lowest BCUT2D eigenvalue weighted by molar-refractivity contribution is 0.396. The molecule has 0 radical (unpaired) electrons. The number of nitriles is 1. The van der Waals surface area contributed by atoms with Crippen molar-refractivity contribution in [3.05, 3.63) is 117 Å². The summed E-state index contributed by atoms with van der Waals surface area (Å²) >= 11 is 6.07. The van der Waals surface area contributed by atoms with E-state index in [1.165, 1.54) is 0 Å². The lowest BCUT2D eigenvalue weighted by atomic mass is 9.83. The largest absolute Gasteiger partial charge is 0.439 e. The number of halogens is 1. The van der Waals surface area contributed by atoms with Crippen LogP contribution in [0.25, 0.3) is 16.6 Å². The molecule has 0 spiro atoms. The van der Waals surface area contributed by atoms with Gasteiger partial charge in [-0.1, -0.05) is 54.1 Å². The standard InChI is InChI=1S/C25H16ClN3O2/c26-16-12-10-15(11-13-16)21-19(14-27)24(28)31-23-18-8-4-5-9-20(18)29(25(30)22(21)23)17-6-2-1-3-7-17/h1-13,21H,28H2. The zero-order chi connectivity index (χ0) is 21.5. The zero-order valence-electron chi connectivity index (χ0n) is 16.2. The number of rotatable bonds is 2. The first-order chi connectivity index (χ1) is 15.1. The lowest BCUT2D eigenvalue weighted by Gasteiger charge is -2.28. The van der Waals surface area contributed by atoms with Crippen LogP contribution in [0.15, 0.2) is 95.1 Å². The third-order valence-electron chi connectivity index (χ3n) is 5.46. The van der Waals surface area contributed by atoms with Gasteiger partial charge >= 0.3 is 0 Å². The molecular formula is C25H16ClN3O2. The second-order valence-corrected chi connectivity index (χ2v) is 7.65. The molecule has 2 heterocycles. The van der Waals surface area contributed by atoms with E-state index in [2.05, 4.69) is 6.07 Å². The molecule has 0 bridgehead atoms. The van der Waals surface area contributed by atoms with E-state index in [-0.39, 0.29) is 17.0 Å². The van der Waals surface area contributed by atoms with Crippen molar-refractivity contribution in [3.8, 4) is 17.5 Å². The van der Waals surface area contributed by atoms with E-state index in [0.29, 0.717) is 21.9 Å². The molecule has 6 heteroatoms. The highest BCUT2D eigenvalue weighted by Gasteiger charge is 2.35. The number of ether oxygens (including phenoxy) is 1. The summed E-state index contributed by atoms with van der Waals surface area (Å²) in [4.78, 5) is 13.9. The van der Waals surface area contributed by atoms with Gasteiger partial charge in [-0.25, -0.2) is 0 Å². The highest BCUT2D eigenvalue weighted by molar-refractivity contribution is 6.30. The first-order valence-corrected chi connectivity index (χ1v) is 10.0. The average Bonchev–Trinajstić information content (AvgIpc) is 2.80. The molecule has 5 nitrogen and oxygen atoms in total. The van der Waals surface area contributed by atoms with Crippen LogP contribution in [0.4, 0.5) is 0 Å². The summed E-state index contributed by atoms with van der Waals surface area (Å²) in [6, 6.07) is 26.1. The first kappa shape index (κ1) is 19.0. The van der Waals surface area contributed by atoms with Gasteiger partial charge in [0.05, 0.1) is 17.0 Å². The van der Waals surface area contributed by atoms with Gasteiger partial charge in [0.2, 0.25) is 5.88 Å². The minimum atomic E-state index is -0.668. The highest BCUT2D eigenvalue weighted by Crippen LogP contribution is 2.43. The normalized spacial score (nSPS) is 15.3. The van der Waals surface area contributed by atoms with E-state index in [1.54, 1.807) is 28.8 Å². The Morgan fingerprint density at radius 2 is 1.65 bits per heavy atom. The van der Waals surface area contributed by atoms with E-state index >= 15 is 0 Å². The highest BCUT2D eigenvalue weighted by atomic mass is 35.5. The molecular weight excluding hydrogens is 410 g/mol. The number of para-hydroxylation sites is 2. The number of hydrogen-bond donors (Lipinski definition) is 1. The van der Waals surface area contributed by atoms with Gasteiger partial charge in [-0.3, -0.25) is 9.36 Å². The fraction of sp³-hybridized carbons (Fsp3) is 0.0400. The molecule has 1 unspecified atom stereocenters. The van der Waals surface area contributed by atoms with Gasteiger partial charge in [-0.15, -0.1) is 0 Å². The molecule has 4 aromatic rings. The fourth-order valence-corrected chi connectivity index (χ4v) is 4.22. The quantitative estimate of drug-likeness (QED) is 0.497. The Morgan fingerprint density at radius 3 is 2.35 bits per heavy atom. The van der Waals surface area contributed by atoms with E-state index in [9.17, 15) is 10.1 Å². The maximum atomic E-state index is 13.9. The second kappa shape index (κ2) is 7.35. The van der Waals surface area contributed by atoms with Gasteiger partial charge in [0.25, 0.3) is 5.56 Å². The van der Waals surface area contributed by atoms with Crippen molar-refractivity contribution in [3.63, 3.8) is 0 Å². The molecule has 150 valence electrons. The minimum Gasteiger partial charge on any atom is -0.439 e. The zero-order valence-corrected chi connectivity index (χ0v) is 17.0. The van der Waals surface area contributed by atoms with E-state index in [4.69, 9.17) is 22.1 Å². The molecule has 0 saturated heterocycles. The Kier molecular flexibility index (Phi) is 4.50. The van der Waals surface area contributed by atoms with Crippen molar-refractivity contribution < 1.29 is 4.74 Å². The number of allylic oxidation sites excluding steroid dienone is 1. The van der Waals surface area contributed by atoms with Crippen molar-refractivity contribution in [1.29, 1.82) is 5.26 Å². The molecule has 5 rings (SSSR count). The van der Waals surface area contributed by atoms with Crippen LogP contribution in [-0.4, -0.2) is 4.57 Å². The van der Waals surface area contributed by atoms with Crippen LogP contribution < -0.4 is 16.0 Å². The summed E-state index contributed by atoms with van der Waals surface area (Å²) < 4.78 is 7.54. The van der Waals surface area contributed by atoms with Crippen LogP contribution in [0.3, 0.4) is 0 Å². The van der Waals surface area contributed by atoms with Crippen LogP contribution in [0.1, 0.15) is 17.0 Å². The second-order valence-electron chi connectivity index (χ2n) is 7.21. The molecule has 0 saturated carbocycles. The molecule has 1 aliphatic rings. The van der Waals surface area contributed by atoms with Crippen molar-refractivity contribution in [2.75, 3.05) is 0 Å². The van der Waals surface area contributed by atoms with E-state index in [1.807, 2.05) is 54.6 Å². The van der Waals surface area contributed by atoms with Crippen LogP contribution in [-0.2, 0) is 0 Å². The Labute approximate surface area is 183 Å². The van der Waals surface area contributed by atoms with Crippen LogP contribution in [0.5, 0.6) is 5.75 Å². The van der Waals surface area contributed by atoms with Gasteiger partial charge in [-0.2, -0.15) is 5.26 Å². The predicted octanol–water partition coefficient (Wildman–Crippen LogP) is 4.86. The molecule has 1 aromatic heterocycles. The van der Waals surface area contributed by atoms with E-state index in [0.717, 1.165) is 16.6 Å². The SMILES string of the molecule is N#CC1=C(N)Oc2c(c(=O)n(-c3ccccc3)c3ccccc23)C1c1ccc(Cl)cc1. The van der Waals surface area contributed by atoms with Gasteiger partial charge in [0, 0.05) is 16.1 Å². The molecule has 1 aliphatic heterocycles. The Bertz CT molecular complexity index is 1450. The third kappa shape index (κ3) is 2.97. The van der Waals surface area contributed by atoms with Gasteiger partial charge < -0.3 is 10.5 Å². The van der Waals surface area contributed by atoms with Crippen molar-refractivity contribution in [2.45, 2.75) is 5.92 Å². The summed E-state index contributed by atoms with van der Waals surface area (Å²) in [6.07, 6.45) is 0. The maximum absolute atomic E-state index is 13.9. The topological polar surface area (TPSA) is 81.0 Å². The number of pyridine rings is 1. The number of nitrogens with two attached hydrogens (primary N) is 1. The van der Waals surface area contributed by atoms with Gasteiger partial charge in [0.1, 0.15) is 17.4 Å². The van der Waals surface area contributed by atoms with Crippen molar-refractivity contribution in [1.82, 2.24) is 4.57 Å². The average molecular weight is 426 g/mol. The molecule has 0 fully saturated rings. The smallest absolute Gasteiger partial charge is 0.263 e. The fourth-order valence-electron chi connectivity index (χ4n) is 4.09. The number of nitrogens with zero attached hydrogens (tertiary/aromatic N) is 2. The van der Waals surface area contributed by atoms with Gasteiger partial charge in [-0.05, 0) is 42.0 Å². The molecule has 31 heavy (non-hydrogen) atoms. The van der Waals surface area contributed by atoms with Crippen LogP contribution in [0.2, 0.25) is 5.02 Å². The van der Waals surface area contributed by atoms with Crippen LogP contribution in [0, 0.1) is 11.3 Å². The van der Waals surface area contributed by atoms with Crippen molar-refractivity contribution in [2.24, 2.45) is 5.73 Å². The predicted molar refractivity (Wildman–Crippen MR) is 120 cm³/mol. The summed E-state index contributed by atoms with van der Waals surface area (Å²) in [5.74, 6) is -0.292. The number of fused-ring (bicyclic) bond motifs is 3. The first-order valence-electron chi connectivity index (χ1n) is 9.66.